The highest BCUT2D eigenvalue weighted by Crippen LogP contribution is 2.36. The molecule has 118 valence electrons. The second kappa shape index (κ2) is 5.32. The molecule has 2 nitrogen and oxygen atoms in total. The van der Waals surface area contributed by atoms with Crippen LogP contribution in [-0.2, 0) is 6.42 Å². The van der Waals surface area contributed by atoms with E-state index in [1.54, 1.807) is 19.1 Å². The molecule has 3 aromatic rings. The van der Waals surface area contributed by atoms with E-state index in [0.29, 0.717) is 22.7 Å². The molecule has 1 aliphatic rings. The first-order chi connectivity index (χ1) is 11.1. The summed E-state index contributed by atoms with van der Waals surface area (Å²) >= 11 is 6.10. The second-order valence-electron chi connectivity index (χ2n) is 5.94. The molecule has 0 saturated heterocycles. The first-order valence-corrected chi connectivity index (χ1v) is 7.92. The van der Waals surface area contributed by atoms with Crippen molar-refractivity contribution < 1.29 is 8.78 Å². The van der Waals surface area contributed by atoms with Crippen molar-refractivity contribution in [2.75, 3.05) is 6.54 Å². The molecule has 4 rings (SSSR count). The molecule has 1 unspecified atom stereocenters. The number of benzene rings is 2. The first-order valence-electron chi connectivity index (χ1n) is 7.54. The molecule has 0 saturated carbocycles. The Hall–Kier alpha value is -1.91. The molecule has 1 atom stereocenters. The third-order valence-corrected chi connectivity index (χ3v) is 4.76. The molecule has 0 aliphatic carbocycles. The molecular formula is C18H15ClF2N2. The third-order valence-electron chi connectivity index (χ3n) is 4.53. The summed E-state index contributed by atoms with van der Waals surface area (Å²) in [4.78, 5) is 3.34. The largest absolute Gasteiger partial charge is 0.357 e. The van der Waals surface area contributed by atoms with Gasteiger partial charge in [0.05, 0.1) is 6.04 Å². The number of hydrogen-bond donors (Lipinski definition) is 2. The van der Waals surface area contributed by atoms with Crippen molar-refractivity contribution in [3.63, 3.8) is 0 Å². The Labute approximate surface area is 137 Å². The predicted molar refractivity (Wildman–Crippen MR) is 88.0 cm³/mol. The molecule has 0 amide bonds. The van der Waals surface area contributed by atoms with Crippen molar-refractivity contribution >= 4 is 22.5 Å². The summed E-state index contributed by atoms with van der Waals surface area (Å²) in [5.74, 6) is -1.57. The van der Waals surface area contributed by atoms with Gasteiger partial charge < -0.3 is 10.3 Å². The van der Waals surface area contributed by atoms with Crippen LogP contribution in [0.4, 0.5) is 8.78 Å². The van der Waals surface area contributed by atoms with Gasteiger partial charge in [0.2, 0.25) is 0 Å². The van der Waals surface area contributed by atoms with E-state index in [2.05, 4.69) is 10.3 Å². The summed E-state index contributed by atoms with van der Waals surface area (Å²) < 4.78 is 28.4. The summed E-state index contributed by atoms with van der Waals surface area (Å²) in [5, 5.41) is 5.00. The highest BCUT2D eigenvalue weighted by molar-refractivity contribution is 6.31. The molecule has 0 spiro atoms. The van der Waals surface area contributed by atoms with E-state index in [9.17, 15) is 8.78 Å². The van der Waals surface area contributed by atoms with Gasteiger partial charge in [-0.2, -0.15) is 0 Å². The molecular weight excluding hydrogens is 318 g/mol. The number of aryl methyl sites for hydroxylation is 1. The van der Waals surface area contributed by atoms with Crippen molar-refractivity contribution in [1.82, 2.24) is 10.3 Å². The fraction of sp³-hybridized carbons (Fsp3) is 0.222. The van der Waals surface area contributed by atoms with Gasteiger partial charge in [-0.1, -0.05) is 23.7 Å². The molecule has 1 aromatic heterocycles. The van der Waals surface area contributed by atoms with Gasteiger partial charge in [0.15, 0.2) is 11.6 Å². The number of H-pyrrole nitrogens is 1. The number of hydrogen-bond acceptors (Lipinski definition) is 1. The molecule has 1 aliphatic heterocycles. The Morgan fingerprint density at radius 3 is 2.78 bits per heavy atom. The summed E-state index contributed by atoms with van der Waals surface area (Å²) in [5.41, 5.74) is 3.60. The third kappa shape index (κ3) is 2.25. The van der Waals surface area contributed by atoms with Crippen LogP contribution >= 0.6 is 11.6 Å². The summed E-state index contributed by atoms with van der Waals surface area (Å²) in [6.07, 6.45) is 0.822. The molecule has 0 radical (unpaired) electrons. The van der Waals surface area contributed by atoms with E-state index >= 15 is 0 Å². The highest BCUT2D eigenvalue weighted by Gasteiger charge is 2.28. The van der Waals surface area contributed by atoms with E-state index in [0.717, 1.165) is 28.6 Å². The minimum Gasteiger partial charge on any atom is -0.357 e. The summed E-state index contributed by atoms with van der Waals surface area (Å²) in [6, 6.07) is 8.53. The lowest BCUT2D eigenvalue weighted by Gasteiger charge is -2.25. The lowest BCUT2D eigenvalue weighted by atomic mass is 9.93. The predicted octanol–water partition coefficient (Wildman–Crippen LogP) is 4.64. The SMILES string of the molecule is Cc1ccc(C2NCCc3c2[nH]c2ccc(Cl)cc32)c(F)c1F. The zero-order valence-corrected chi connectivity index (χ0v) is 13.3. The fourth-order valence-corrected chi connectivity index (χ4v) is 3.52. The van der Waals surface area contributed by atoms with Crippen LogP contribution in [0.3, 0.4) is 0 Å². The maximum absolute atomic E-state index is 14.4. The lowest BCUT2D eigenvalue weighted by Crippen LogP contribution is -2.31. The molecule has 0 fully saturated rings. The van der Waals surface area contributed by atoms with Crippen molar-refractivity contribution in [3.05, 3.63) is 69.4 Å². The number of halogens is 3. The number of nitrogens with one attached hydrogen (secondary N) is 2. The van der Waals surface area contributed by atoms with Crippen LogP contribution in [0.25, 0.3) is 10.9 Å². The highest BCUT2D eigenvalue weighted by atomic mass is 35.5. The van der Waals surface area contributed by atoms with Crippen LogP contribution in [0, 0.1) is 18.6 Å². The van der Waals surface area contributed by atoms with Crippen LogP contribution in [0.15, 0.2) is 30.3 Å². The number of aromatic amines is 1. The van der Waals surface area contributed by atoms with Crippen molar-refractivity contribution in [2.24, 2.45) is 0 Å². The Bertz CT molecular complexity index is 917. The number of fused-ring (bicyclic) bond motifs is 3. The average Bonchev–Trinajstić information content (AvgIpc) is 2.91. The molecule has 2 N–H and O–H groups in total. The Morgan fingerprint density at radius 2 is 1.96 bits per heavy atom. The van der Waals surface area contributed by atoms with Gasteiger partial charge in [-0.25, -0.2) is 8.78 Å². The van der Waals surface area contributed by atoms with Crippen LogP contribution in [-0.4, -0.2) is 11.5 Å². The first kappa shape index (κ1) is 14.7. The molecule has 5 heteroatoms. The van der Waals surface area contributed by atoms with E-state index < -0.39 is 11.6 Å². The average molecular weight is 333 g/mol. The minimum atomic E-state index is -0.785. The monoisotopic (exact) mass is 332 g/mol. The number of rotatable bonds is 1. The molecule has 23 heavy (non-hydrogen) atoms. The lowest BCUT2D eigenvalue weighted by molar-refractivity contribution is 0.468. The minimum absolute atomic E-state index is 0.311. The van der Waals surface area contributed by atoms with Crippen LogP contribution in [0.2, 0.25) is 5.02 Å². The van der Waals surface area contributed by atoms with Gasteiger partial charge in [0, 0.05) is 33.7 Å². The summed E-state index contributed by atoms with van der Waals surface area (Å²) in [6.45, 7) is 2.26. The number of aromatic nitrogens is 1. The Kier molecular flexibility index (Phi) is 3.39. The van der Waals surface area contributed by atoms with Crippen molar-refractivity contribution in [3.8, 4) is 0 Å². The zero-order chi connectivity index (χ0) is 16.1. The molecule has 2 aromatic carbocycles. The fourth-order valence-electron chi connectivity index (χ4n) is 3.35. The van der Waals surface area contributed by atoms with Gasteiger partial charge in [0.25, 0.3) is 0 Å². The van der Waals surface area contributed by atoms with Gasteiger partial charge in [-0.15, -0.1) is 0 Å². The van der Waals surface area contributed by atoms with Crippen molar-refractivity contribution in [1.29, 1.82) is 0 Å². The summed E-state index contributed by atoms with van der Waals surface area (Å²) in [7, 11) is 0. The van der Waals surface area contributed by atoms with Gasteiger partial charge in [-0.05, 0) is 42.7 Å². The van der Waals surface area contributed by atoms with Gasteiger partial charge >= 0.3 is 0 Å². The van der Waals surface area contributed by atoms with Gasteiger partial charge in [-0.3, -0.25) is 0 Å². The maximum Gasteiger partial charge on any atom is 0.164 e. The molecule has 0 bridgehead atoms. The second-order valence-corrected chi connectivity index (χ2v) is 6.38. The normalized spacial score (nSPS) is 17.5. The van der Waals surface area contributed by atoms with E-state index in [-0.39, 0.29) is 6.04 Å². The van der Waals surface area contributed by atoms with Gasteiger partial charge in [0.1, 0.15) is 0 Å². The zero-order valence-electron chi connectivity index (χ0n) is 12.5. The Balaban J connectivity index is 1.91. The standard InChI is InChI=1S/C18H15ClF2N2/c1-9-2-4-12(16(21)15(9)20)17-18-11(6-7-22-17)13-8-10(19)3-5-14(13)23-18/h2-5,8,17,22-23H,6-7H2,1H3. The van der Waals surface area contributed by atoms with E-state index in [4.69, 9.17) is 11.6 Å². The quantitative estimate of drug-likeness (QED) is 0.667. The van der Waals surface area contributed by atoms with E-state index in [1.807, 2.05) is 18.2 Å². The maximum atomic E-state index is 14.4. The van der Waals surface area contributed by atoms with Crippen molar-refractivity contribution in [2.45, 2.75) is 19.4 Å². The van der Waals surface area contributed by atoms with Crippen LogP contribution < -0.4 is 5.32 Å². The molecule has 2 heterocycles. The van der Waals surface area contributed by atoms with Crippen LogP contribution in [0.1, 0.15) is 28.4 Å². The topological polar surface area (TPSA) is 27.8 Å². The smallest absolute Gasteiger partial charge is 0.164 e. The Morgan fingerprint density at radius 1 is 1.13 bits per heavy atom. The van der Waals surface area contributed by atoms with Crippen LogP contribution in [0.5, 0.6) is 0 Å². The van der Waals surface area contributed by atoms with E-state index in [1.165, 1.54) is 0 Å².